The Morgan fingerprint density at radius 1 is 0.371 bits per heavy atom. The Bertz CT molecular complexity index is 5400. The van der Waals surface area contributed by atoms with Crippen LogP contribution < -0.4 is 19.6 Å². The molecule has 644 valence electrons. The molecule has 0 unspecified atom stereocenters. The highest BCUT2D eigenvalue weighted by molar-refractivity contribution is 6.02. The molecule has 0 aliphatic heterocycles. The van der Waals surface area contributed by atoms with Crippen LogP contribution in [0.2, 0.25) is 0 Å². The Morgan fingerprint density at radius 2 is 0.718 bits per heavy atom. The number of phenols is 3. The third-order valence-corrected chi connectivity index (χ3v) is 23.0. The molecule has 3 fully saturated rings. The fraction of sp³-hybridized carbons (Fsp3) is 0.293. The first-order chi connectivity index (χ1) is 59.0. The lowest BCUT2D eigenvalue weighted by Crippen LogP contribution is -2.67. The smallest absolute Gasteiger partial charge is 0.226 e. The van der Waals surface area contributed by atoms with Crippen molar-refractivity contribution in [1.82, 2.24) is 19.9 Å². The number of amides is 4. The van der Waals surface area contributed by atoms with E-state index < -0.39 is 41.1 Å². The molecule has 4 heterocycles. The number of nitrogens with zero attached hydrogens (tertiary/aromatic N) is 8. The highest BCUT2D eigenvalue weighted by atomic mass is 19.2. The van der Waals surface area contributed by atoms with Gasteiger partial charge in [0.05, 0.1) is 33.8 Å². The maximum atomic E-state index is 14.6. The van der Waals surface area contributed by atoms with E-state index in [0.717, 1.165) is 65.6 Å². The molecule has 2 bridgehead atoms. The zero-order valence-corrected chi connectivity index (χ0v) is 71.5. The van der Waals surface area contributed by atoms with Crippen LogP contribution in [-0.2, 0) is 55.1 Å². The van der Waals surface area contributed by atoms with E-state index in [1.807, 2.05) is 65.1 Å². The lowest BCUT2D eigenvalue weighted by atomic mass is 9.32. The molecule has 19 nitrogen and oxygen atoms in total. The van der Waals surface area contributed by atoms with Gasteiger partial charge in [-0.05, 0) is 249 Å². The van der Waals surface area contributed by atoms with Crippen molar-refractivity contribution in [3.05, 3.63) is 291 Å². The van der Waals surface area contributed by atoms with Crippen molar-refractivity contribution in [3.8, 4) is 50.6 Å². The van der Waals surface area contributed by atoms with Crippen LogP contribution in [0.4, 0.5) is 49.1 Å². The van der Waals surface area contributed by atoms with Crippen LogP contribution in [0.25, 0.3) is 33.4 Å². The number of hydrogen-bond donors (Lipinski definition) is 3. The summed E-state index contributed by atoms with van der Waals surface area (Å²) in [4.78, 5) is 119. The predicted molar refractivity (Wildman–Crippen MR) is 467 cm³/mol. The van der Waals surface area contributed by atoms with Crippen LogP contribution in [0.1, 0.15) is 180 Å². The zero-order valence-electron chi connectivity index (χ0n) is 71.5. The first-order valence-electron chi connectivity index (χ1n) is 41.0. The first-order valence-corrected chi connectivity index (χ1v) is 41.0. The van der Waals surface area contributed by atoms with Crippen LogP contribution in [0.15, 0.2) is 188 Å². The van der Waals surface area contributed by atoms with Gasteiger partial charge in [-0.2, -0.15) is 18.2 Å². The van der Waals surface area contributed by atoms with Gasteiger partial charge in [-0.15, -0.1) is 0 Å². The number of aryl methyl sites for hydroxylation is 8. The summed E-state index contributed by atoms with van der Waals surface area (Å²) >= 11 is 0. The average molecular weight is 1690 g/mol. The van der Waals surface area contributed by atoms with Crippen molar-refractivity contribution in [2.75, 3.05) is 47.8 Å². The van der Waals surface area contributed by atoms with E-state index >= 15 is 0 Å². The third kappa shape index (κ3) is 22.1. The molecule has 4 amide bonds. The van der Waals surface area contributed by atoms with Gasteiger partial charge in [-0.1, -0.05) is 94.4 Å². The van der Waals surface area contributed by atoms with Crippen molar-refractivity contribution in [3.63, 3.8) is 0 Å². The molecule has 0 spiro atoms. The summed E-state index contributed by atoms with van der Waals surface area (Å²) in [6, 6.07) is 48.2. The van der Waals surface area contributed by atoms with E-state index in [9.17, 15) is 80.0 Å². The number of ketones is 4. The van der Waals surface area contributed by atoms with Crippen LogP contribution in [-0.4, -0.2) is 110 Å². The van der Waals surface area contributed by atoms with Crippen molar-refractivity contribution in [2.24, 2.45) is 5.41 Å². The molecule has 3 N–H and O–H groups in total. The molecule has 0 atom stereocenters. The molecule has 0 saturated heterocycles. The number of pyridine rings is 4. The number of carbonyl (C=O) groups excluding carboxylic acids is 8. The average Bonchev–Trinajstić information content (AvgIpc) is 0.666. The lowest BCUT2D eigenvalue weighted by molar-refractivity contribution is -0.173. The van der Waals surface area contributed by atoms with Gasteiger partial charge in [0, 0.05) is 125 Å². The number of halogens is 6. The number of phenolic OH excluding ortho intramolecular Hbond substituents is 3. The number of anilines is 4. The molecular formula is C99H100F6N8O11. The molecule has 4 aromatic heterocycles. The van der Waals surface area contributed by atoms with Gasteiger partial charge in [0.1, 0.15) is 40.5 Å². The van der Waals surface area contributed by atoms with E-state index in [1.54, 1.807) is 87.3 Å². The number of carbonyl (C=O) groups is 8. The Morgan fingerprint density at radius 3 is 1.09 bits per heavy atom. The van der Waals surface area contributed by atoms with Gasteiger partial charge < -0.3 is 34.9 Å². The summed E-state index contributed by atoms with van der Waals surface area (Å²) in [6.07, 6.45) is 8.60. The highest BCUT2D eigenvalue weighted by Gasteiger charge is 2.71. The molecule has 3 saturated carbocycles. The molecule has 7 aromatic carbocycles. The summed E-state index contributed by atoms with van der Waals surface area (Å²) in [5.41, 5.74) is 12.8. The van der Waals surface area contributed by atoms with E-state index in [0.29, 0.717) is 70.5 Å². The largest absolute Gasteiger partial charge is 0.507 e. The Balaban J connectivity index is 0.000000173. The minimum atomic E-state index is -0.978. The topological polar surface area (TPSA) is 262 Å². The second-order valence-electron chi connectivity index (χ2n) is 31.2. The maximum absolute atomic E-state index is 14.6. The van der Waals surface area contributed by atoms with Crippen LogP contribution in [0.3, 0.4) is 0 Å². The standard InChI is InChI=1S/C26H27FN2O3.C25H24F2N2O3.C24H21F3N2O3.C24H28N2O2/c1-5-26(32)29(4)23-12-9-19(14-22(23)27)20-8-11-21(25(31)15-20)24(30)13-10-18-7-6-16(2)28-17(18)3;1-4-25(32)29(3)21-10-6-17(13-20(21)26)18-5-9-19(23(31)14-18)22(30)11-7-16-8-12-24(27)28-15(16)2;1-3-23(32)29(2)19-9-5-15(12-18(19)25)16-4-8-17(21(31)13-16)20(30)10-6-14-7-11-22(26)28-24(14)27;1-4-22(28)26(3)20-10-8-19(9-11-20)23-14-24(15-23,16-23)21(27)12-7-18-6-5-13-25-17(18)2/h6-9,11-12,14-15,31H,5,10,13H2,1-4H3;5-6,8-10,12-14,31H,4,7,11H2,1-3H3;4-5,7-9,11-13,31H,3,6,10H2,1-2H3;5-6,8-11,13H,4,7,12,14-16H2,1-3H3. The monoisotopic (exact) mass is 1690 g/mol. The SMILES string of the molecule is CCC(=O)N(C)c1ccc(-c2ccc(C(=O)CCc3ccc(C)nc3C)c(O)c2)cc1F.CCC(=O)N(C)c1ccc(-c2ccc(C(=O)CCc3ccc(F)nc3C)c(O)c2)cc1F.CCC(=O)N(C)c1ccc(-c2ccc(C(=O)CCc3ccc(F)nc3F)c(O)c2)cc1F.CCC(=O)N(C)c1ccc(C23CC(C(=O)CCc4cccnc4C)(C2)C3)cc1. The van der Waals surface area contributed by atoms with Crippen molar-refractivity contribution in [1.29, 1.82) is 0 Å². The Kier molecular flexibility index (Phi) is 30.8. The zero-order chi connectivity index (χ0) is 90.2. The summed E-state index contributed by atoms with van der Waals surface area (Å²) in [6.45, 7) is 14.5. The number of rotatable bonds is 28. The second-order valence-corrected chi connectivity index (χ2v) is 31.2. The fourth-order valence-corrected chi connectivity index (χ4v) is 15.5. The molecule has 124 heavy (non-hydrogen) atoms. The molecular weight excluding hydrogens is 1590 g/mol. The third-order valence-electron chi connectivity index (χ3n) is 23.0. The molecule has 14 rings (SSSR count). The van der Waals surface area contributed by atoms with E-state index in [1.165, 1.54) is 126 Å². The van der Waals surface area contributed by atoms with Crippen LogP contribution in [0, 0.1) is 68.4 Å². The number of aromatic hydroxyl groups is 3. The molecule has 0 radical (unpaired) electrons. The van der Waals surface area contributed by atoms with Crippen molar-refractivity contribution < 1.29 is 80.0 Å². The molecule has 11 aromatic rings. The van der Waals surface area contributed by atoms with Crippen LogP contribution in [0.5, 0.6) is 17.2 Å². The minimum absolute atomic E-state index is 0.00416. The van der Waals surface area contributed by atoms with E-state index in [-0.39, 0.29) is 148 Å². The van der Waals surface area contributed by atoms with Gasteiger partial charge >= 0.3 is 0 Å². The van der Waals surface area contributed by atoms with E-state index in [4.69, 9.17) is 0 Å². The molecule has 3 aliphatic carbocycles. The first kappa shape index (κ1) is 93.0. The van der Waals surface area contributed by atoms with Gasteiger partial charge in [0.25, 0.3) is 0 Å². The lowest BCUT2D eigenvalue weighted by Gasteiger charge is -2.70. The summed E-state index contributed by atoms with van der Waals surface area (Å²) in [5, 5.41) is 31.2. The fourth-order valence-electron chi connectivity index (χ4n) is 15.5. The van der Waals surface area contributed by atoms with Crippen molar-refractivity contribution >= 4 is 69.5 Å². The van der Waals surface area contributed by atoms with Gasteiger partial charge in [-0.3, -0.25) is 48.3 Å². The minimum Gasteiger partial charge on any atom is -0.507 e. The Hall–Kier alpha value is -13.3. The van der Waals surface area contributed by atoms with Gasteiger partial charge in [0.2, 0.25) is 41.5 Å². The quantitative estimate of drug-likeness (QED) is 0.0234. The molecule has 25 heteroatoms. The number of aromatic nitrogens is 4. The molecule has 3 aliphatic rings. The predicted octanol–water partition coefficient (Wildman–Crippen LogP) is 20.1. The second kappa shape index (κ2) is 41.0. The number of benzene rings is 7. The normalized spacial score (nSPS) is 14.0. The van der Waals surface area contributed by atoms with Crippen LogP contribution >= 0.6 is 0 Å². The van der Waals surface area contributed by atoms with Gasteiger partial charge in [-0.25, -0.2) is 18.2 Å². The summed E-state index contributed by atoms with van der Waals surface area (Å²) < 4.78 is 83.4. The van der Waals surface area contributed by atoms with Crippen molar-refractivity contribution in [2.45, 2.75) is 157 Å². The Labute approximate surface area is 717 Å². The number of hydrogen-bond acceptors (Lipinski definition) is 15. The number of Topliss-reactive ketones (excluding diaryl/α,β-unsaturated/α-hetero) is 4. The summed E-state index contributed by atoms with van der Waals surface area (Å²) in [5.74, 6) is -5.78. The van der Waals surface area contributed by atoms with Gasteiger partial charge in [0.15, 0.2) is 17.3 Å². The maximum Gasteiger partial charge on any atom is 0.226 e. The van der Waals surface area contributed by atoms with E-state index in [2.05, 4.69) is 38.1 Å². The highest BCUT2D eigenvalue weighted by Crippen LogP contribution is 2.74. The summed E-state index contributed by atoms with van der Waals surface area (Å²) in [7, 11) is 6.35.